The van der Waals surface area contributed by atoms with Gasteiger partial charge in [-0.2, -0.15) is 0 Å². The van der Waals surface area contributed by atoms with Crippen molar-refractivity contribution in [3.63, 3.8) is 0 Å². The maximum Gasteiger partial charge on any atom is 0.123 e. The molecule has 2 rings (SSSR count). The Balaban J connectivity index is 1.94. The Morgan fingerprint density at radius 3 is 2.63 bits per heavy atom. The third-order valence-corrected chi connectivity index (χ3v) is 3.20. The molecule has 0 aromatic heterocycles. The van der Waals surface area contributed by atoms with Crippen LogP contribution in [0, 0.1) is 5.82 Å². The van der Waals surface area contributed by atoms with Gasteiger partial charge in [-0.25, -0.2) is 4.39 Å². The van der Waals surface area contributed by atoms with Gasteiger partial charge in [-0.1, -0.05) is 35.9 Å². The fourth-order valence-corrected chi connectivity index (χ4v) is 2.04. The molecule has 2 nitrogen and oxygen atoms in total. The highest BCUT2D eigenvalue weighted by Crippen LogP contribution is 2.17. The molecule has 0 fully saturated rings. The maximum atomic E-state index is 13.1. The van der Waals surface area contributed by atoms with Crippen molar-refractivity contribution >= 4 is 11.6 Å². The predicted octanol–water partition coefficient (Wildman–Crippen LogP) is 3.26. The molecule has 19 heavy (non-hydrogen) atoms. The number of aliphatic hydroxyl groups excluding tert-OH is 1. The number of benzene rings is 2. The average molecular weight is 280 g/mol. The van der Waals surface area contributed by atoms with Crippen LogP contribution in [-0.4, -0.2) is 5.11 Å². The number of hydrogen-bond donors (Lipinski definition) is 2. The molecule has 0 aliphatic heterocycles. The predicted molar refractivity (Wildman–Crippen MR) is 74.3 cm³/mol. The van der Waals surface area contributed by atoms with Crippen molar-refractivity contribution in [2.24, 2.45) is 0 Å². The van der Waals surface area contributed by atoms with Crippen LogP contribution in [0.2, 0.25) is 5.02 Å². The highest BCUT2D eigenvalue weighted by Gasteiger charge is 2.02. The molecule has 0 saturated carbocycles. The second kappa shape index (κ2) is 6.66. The van der Waals surface area contributed by atoms with Gasteiger partial charge in [0.25, 0.3) is 0 Å². The summed E-state index contributed by atoms with van der Waals surface area (Å²) in [7, 11) is 0. The average Bonchev–Trinajstić information content (AvgIpc) is 2.43. The second-order valence-corrected chi connectivity index (χ2v) is 4.72. The van der Waals surface area contributed by atoms with Crippen LogP contribution in [0.3, 0.4) is 0 Å². The lowest BCUT2D eigenvalue weighted by Crippen LogP contribution is -2.13. The minimum Gasteiger partial charge on any atom is -0.392 e. The van der Waals surface area contributed by atoms with E-state index in [2.05, 4.69) is 5.32 Å². The molecule has 0 spiro atoms. The van der Waals surface area contributed by atoms with E-state index < -0.39 is 0 Å². The molecular formula is C15H15ClFNO. The largest absolute Gasteiger partial charge is 0.392 e. The van der Waals surface area contributed by atoms with E-state index in [9.17, 15) is 4.39 Å². The van der Waals surface area contributed by atoms with Crippen LogP contribution < -0.4 is 5.32 Å². The number of halogens is 2. The van der Waals surface area contributed by atoms with Crippen molar-refractivity contribution in [1.29, 1.82) is 0 Å². The fourth-order valence-electron chi connectivity index (χ4n) is 1.86. The summed E-state index contributed by atoms with van der Waals surface area (Å²) in [6.07, 6.45) is 0. The monoisotopic (exact) mass is 279 g/mol. The van der Waals surface area contributed by atoms with Crippen molar-refractivity contribution in [2.75, 3.05) is 0 Å². The first-order chi connectivity index (χ1) is 9.19. The van der Waals surface area contributed by atoms with Gasteiger partial charge in [-0.05, 0) is 34.9 Å². The van der Waals surface area contributed by atoms with Crippen LogP contribution in [-0.2, 0) is 19.7 Å². The van der Waals surface area contributed by atoms with Gasteiger partial charge in [0.15, 0.2) is 0 Å². The molecule has 100 valence electrons. The molecule has 0 amide bonds. The van der Waals surface area contributed by atoms with Gasteiger partial charge in [0, 0.05) is 18.1 Å². The first-order valence-electron chi connectivity index (χ1n) is 6.02. The summed E-state index contributed by atoms with van der Waals surface area (Å²) in [6.45, 7) is 1.17. The summed E-state index contributed by atoms with van der Waals surface area (Å²) in [4.78, 5) is 0. The first kappa shape index (κ1) is 14.0. The van der Waals surface area contributed by atoms with E-state index in [1.54, 1.807) is 6.07 Å². The summed E-state index contributed by atoms with van der Waals surface area (Å²) in [5.74, 6) is -0.288. The Hall–Kier alpha value is -1.42. The molecule has 0 aliphatic rings. The molecule has 2 N–H and O–H groups in total. The lowest BCUT2D eigenvalue weighted by atomic mass is 10.1. The number of nitrogens with one attached hydrogen (secondary N) is 1. The number of aliphatic hydroxyl groups is 1. The summed E-state index contributed by atoms with van der Waals surface area (Å²) >= 11 is 5.99. The van der Waals surface area contributed by atoms with Gasteiger partial charge >= 0.3 is 0 Å². The van der Waals surface area contributed by atoms with E-state index in [0.717, 1.165) is 16.7 Å². The molecule has 0 heterocycles. The quantitative estimate of drug-likeness (QED) is 0.880. The highest BCUT2D eigenvalue weighted by atomic mass is 35.5. The van der Waals surface area contributed by atoms with Crippen LogP contribution in [0.15, 0.2) is 42.5 Å². The van der Waals surface area contributed by atoms with E-state index in [0.29, 0.717) is 18.1 Å². The van der Waals surface area contributed by atoms with Gasteiger partial charge in [0.1, 0.15) is 5.82 Å². The Kier molecular flexibility index (Phi) is 4.91. The number of hydrogen-bond acceptors (Lipinski definition) is 2. The van der Waals surface area contributed by atoms with E-state index in [1.807, 2.05) is 24.3 Å². The normalized spacial score (nSPS) is 10.7. The molecule has 0 unspecified atom stereocenters. The SMILES string of the molecule is OCc1cccc(CNCc2cc(F)ccc2Cl)c1. The highest BCUT2D eigenvalue weighted by molar-refractivity contribution is 6.31. The minimum atomic E-state index is -0.288. The Bertz CT molecular complexity index is 560. The third-order valence-electron chi connectivity index (χ3n) is 2.83. The lowest BCUT2D eigenvalue weighted by Gasteiger charge is -2.08. The van der Waals surface area contributed by atoms with Gasteiger partial charge < -0.3 is 10.4 Å². The van der Waals surface area contributed by atoms with Gasteiger partial charge in [-0.15, -0.1) is 0 Å². The first-order valence-corrected chi connectivity index (χ1v) is 6.40. The third kappa shape index (κ3) is 4.03. The molecule has 0 bridgehead atoms. The lowest BCUT2D eigenvalue weighted by molar-refractivity contribution is 0.281. The zero-order valence-corrected chi connectivity index (χ0v) is 11.1. The summed E-state index contributed by atoms with van der Waals surface area (Å²) in [5.41, 5.74) is 2.68. The van der Waals surface area contributed by atoms with Crippen LogP contribution in [0.25, 0.3) is 0 Å². The van der Waals surface area contributed by atoms with Crippen molar-refractivity contribution in [2.45, 2.75) is 19.7 Å². The van der Waals surface area contributed by atoms with Crippen molar-refractivity contribution in [1.82, 2.24) is 5.32 Å². The van der Waals surface area contributed by atoms with E-state index in [-0.39, 0.29) is 12.4 Å². The van der Waals surface area contributed by atoms with Crippen LogP contribution in [0.4, 0.5) is 4.39 Å². The molecule has 2 aromatic carbocycles. The molecule has 2 aromatic rings. The summed E-state index contributed by atoms with van der Waals surface area (Å²) in [6, 6.07) is 12.0. The topological polar surface area (TPSA) is 32.3 Å². The van der Waals surface area contributed by atoms with Crippen molar-refractivity contribution in [3.8, 4) is 0 Å². The Morgan fingerprint density at radius 1 is 1.05 bits per heavy atom. The van der Waals surface area contributed by atoms with E-state index >= 15 is 0 Å². The molecule has 4 heteroatoms. The van der Waals surface area contributed by atoms with E-state index in [4.69, 9.17) is 16.7 Å². The number of rotatable bonds is 5. The van der Waals surface area contributed by atoms with Gasteiger partial charge in [-0.3, -0.25) is 0 Å². The summed E-state index contributed by atoms with van der Waals surface area (Å²) in [5, 5.41) is 12.8. The zero-order chi connectivity index (χ0) is 13.7. The molecule has 0 aliphatic carbocycles. The van der Waals surface area contributed by atoms with Crippen LogP contribution in [0.1, 0.15) is 16.7 Å². The Morgan fingerprint density at radius 2 is 1.84 bits per heavy atom. The fraction of sp³-hybridized carbons (Fsp3) is 0.200. The van der Waals surface area contributed by atoms with Gasteiger partial charge in [0.2, 0.25) is 0 Å². The van der Waals surface area contributed by atoms with Gasteiger partial charge in [0.05, 0.1) is 6.61 Å². The second-order valence-electron chi connectivity index (χ2n) is 4.32. The zero-order valence-electron chi connectivity index (χ0n) is 10.4. The van der Waals surface area contributed by atoms with E-state index in [1.165, 1.54) is 12.1 Å². The Labute approximate surface area is 116 Å². The standard InChI is InChI=1S/C15H15ClFNO/c16-15-5-4-14(17)7-13(15)9-18-8-11-2-1-3-12(6-11)10-19/h1-7,18-19H,8-10H2. The molecule has 0 saturated heterocycles. The minimum absolute atomic E-state index is 0.0313. The molecule has 0 atom stereocenters. The molecular weight excluding hydrogens is 265 g/mol. The van der Waals surface area contributed by atoms with Crippen LogP contribution >= 0.6 is 11.6 Å². The summed E-state index contributed by atoms with van der Waals surface area (Å²) < 4.78 is 13.1. The maximum absolute atomic E-state index is 13.1. The van der Waals surface area contributed by atoms with Crippen molar-refractivity contribution in [3.05, 3.63) is 70.0 Å². The van der Waals surface area contributed by atoms with Crippen molar-refractivity contribution < 1.29 is 9.50 Å². The molecule has 0 radical (unpaired) electrons. The smallest absolute Gasteiger partial charge is 0.123 e. The van der Waals surface area contributed by atoms with Crippen LogP contribution in [0.5, 0.6) is 0 Å².